The largest absolute Gasteiger partial charge is 0.129 e. The van der Waals surface area contributed by atoms with Crippen molar-refractivity contribution in [2.24, 2.45) is 0 Å². The van der Waals surface area contributed by atoms with Crippen molar-refractivity contribution in [3.63, 3.8) is 0 Å². The van der Waals surface area contributed by atoms with E-state index in [9.17, 15) is 0 Å². The second kappa shape index (κ2) is 2.17. The molecule has 0 unspecified atom stereocenters. The van der Waals surface area contributed by atoms with Crippen molar-refractivity contribution in [3.8, 4) is 0 Å². The van der Waals surface area contributed by atoms with Crippen LogP contribution < -0.4 is 0 Å². The third-order valence-corrected chi connectivity index (χ3v) is 2.55. The van der Waals surface area contributed by atoms with Crippen LogP contribution in [0.1, 0.15) is 0 Å². The van der Waals surface area contributed by atoms with E-state index in [4.69, 9.17) is 0 Å². The van der Waals surface area contributed by atoms with Gasteiger partial charge in [-0.15, -0.1) is 11.8 Å². The highest BCUT2D eigenvalue weighted by Gasteiger charge is 2.14. The van der Waals surface area contributed by atoms with Gasteiger partial charge in [-0.1, -0.05) is 24.3 Å². The third kappa shape index (κ3) is 0.706. The highest BCUT2D eigenvalue weighted by molar-refractivity contribution is 8.02. The van der Waals surface area contributed by atoms with Gasteiger partial charge in [0.2, 0.25) is 0 Å². The van der Waals surface area contributed by atoms with Gasteiger partial charge in [0.15, 0.2) is 0 Å². The molecule has 0 amide bonds. The molecule has 0 aromatic carbocycles. The van der Waals surface area contributed by atoms with Crippen LogP contribution in [-0.2, 0) is 0 Å². The number of thioether (sulfide) groups is 1. The highest BCUT2D eigenvalue weighted by atomic mass is 32.2. The summed E-state index contributed by atoms with van der Waals surface area (Å²) in [4.78, 5) is 1.39. The van der Waals surface area contributed by atoms with Crippen LogP contribution in [0.4, 0.5) is 0 Å². The van der Waals surface area contributed by atoms with Gasteiger partial charge in [0, 0.05) is 4.91 Å². The van der Waals surface area contributed by atoms with Crippen molar-refractivity contribution in [2.45, 2.75) is 0 Å². The summed E-state index contributed by atoms with van der Waals surface area (Å²) in [5.41, 5.74) is 2.76. The topological polar surface area (TPSA) is 0 Å². The van der Waals surface area contributed by atoms with Gasteiger partial charge in [-0.2, -0.15) is 0 Å². The maximum absolute atomic E-state index is 2.18. The number of rotatable bonds is 1. The van der Waals surface area contributed by atoms with Crippen LogP contribution in [0.15, 0.2) is 46.4 Å². The summed E-state index contributed by atoms with van der Waals surface area (Å²) < 4.78 is 0. The summed E-state index contributed by atoms with van der Waals surface area (Å²) in [6.07, 6.45) is 12.9. The van der Waals surface area contributed by atoms with Crippen LogP contribution in [0, 0.1) is 0 Å². The van der Waals surface area contributed by atoms with E-state index < -0.39 is 0 Å². The van der Waals surface area contributed by atoms with Crippen molar-refractivity contribution in [3.05, 3.63) is 46.4 Å². The molecule has 0 bridgehead atoms. The second-order valence-corrected chi connectivity index (χ2v) is 3.14. The maximum atomic E-state index is 2.18. The van der Waals surface area contributed by atoms with Gasteiger partial charge in [0.1, 0.15) is 0 Å². The SMILES string of the molecule is CSC1=CC=C2C=CC=C21. The van der Waals surface area contributed by atoms with Crippen LogP contribution >= 0.6 is 11.8 Å². The first kappa shape index (κ1) is 6.05. The Bertz CT molecular complexity index is 277. The summed E-state index contributed by atoms with van der Waals surface area (Å²) in [5, 5.41) is 0. The van der Waals surface area contributed by atoms with Gasteiger partial charge >= 0.3 is 0 Å². The molecule has 0 atom stereocenters. The van der Waals surface area contributed by atoms with Crippen molar-refractivity contribution in [2.75, 3.05) is 6.26 Å². The fraction of sp³-hybridized carbons (Fsp3) is 0.111. The van der Waals surface area contributed by atoms with E-state index in [1.165, 1.54) is 16.1 Å². The molecular weight excluding hydrogens is 140 g/mol. The zero-order valence-electron chi connectivity index (χ0n) is 5.79. The smallest absolute Gasteiger partial charge is 0.0148 e. The van der Waals surface area contributed by atoms with Crippen LogP contribution in [-0.4, -0.2) is 6.26 Å². The van der Waals surface area contributed by atoms with Crippen molar-refractivity contribution >= 4 is 11.8 Å². The van der Waals surface area contributed by atoms with E-state index in [2.05, 4.69) is 36.6 Å². The molecule has 10 heavy (non-hydrogen) atoms. The van der Waals surface area contributed by atoms with Gasteiger partial charge in [-0.3, -0.25) is 0 Å². The van der Waals surface area contributed by atoms with Crippen LogP contribution in [0.5, 0.6) is 0 Å². The lowest BCUT2D eigenvalue weighted by molar-refractivity contribution is 1.67. The molecule has 0 aromatic rings. The zero-order chi connectivity index (χ0) is 6.97. The Hall–Kier alpha value is -0.690. The molecule has 0 saturated heterocycles. The lowest BCUT2D eigenvalue weighted by Gasteiger charge is -1.98. The Morgan fingerprint density at radius 3 is 2.90 bits per heavy atom. The molecule has 0 N–H and O–H groups in total. The second-order valence-electron chi connectivity index (χ2n) is 2.30. The normalized spacial score (nSPS) is 20.3. The molecule has 0 spiro atoms. The Morgan fingerprint density at radius 2 is 2.10 bits per heavy atom. The number of allylic oxidation sites excluding steroid dienone is 7. The van der Waals surface area contributed by atoms with E-state index in [1.807, 2.05) is 11.8 Å². The van der Waals surface area contributed by atoms with E-state index in [0.717, 1.165) is 0 Å². The van der Waals surface area contributed by atoms with E-state index in [1.54, 1.807) is 0 Å². The quantitative estimate of drug-likeness (QED) is 0.551. The fourth-order valence-electron chi connectivity index (χ4n) is 1.24. The minimum absolute atomic E-state index is 1.37. The molecule has 0 saturated carbocycles. The fourth-order valence-corrected chi connectivity index (χ4v) is 1.85. The average molecular weight is 148 g/mol. The molecule has 0 aliphatic heterocycles. The summed E-state index contributed by atoms with van der Waals surface area (Å²) in [5.74, 6) is 0. The number of fused-ring (bicyclic) bond motifs is 1. The molecule has 2 aliphatic rings. The molecule has 2 rings (SSSR count). The van der Waals surface area contributed by atoms with Crippen molar-refractivity contribution in [1.29, 1.82) is 0 Å². The Kier molecular flexibility index (Phi) is 1.31. The van der Waals surface area contributed by atoms with Gasteiger partial charge in [-0.05, 0) is 23.5 Å². The van der Waals surface area contributed by atoms with Crippen LogP contribution in [0.2, 0.25) is 0 Å². The predicted octanol–water partition coefficient (Wildman–Crippen LogP) is 2.67. The van der Waals surface area contributed by atoms with E-state index in [-0.39, 0.29) is 0 Å². The molecule has 1 heteroatoms. The van der Waals surface area contributed by atoms with Gasteiger partial charge in [0.05, 0.1) is 0 Å². The first-order chi connectivity index (χ1) is 4.92. The molecule has 0 fully saturated rings. The summed E-state index contributed by atoms with van der Waals surface area (Å²) in [7, 11) is 0. The first-order valence-electron chi connectivity index (χ1n) is 3.27. The lowest BCUT2D eigenvalue weighted by Crippen LogP contribution is -1.77. The Balaban J connectivity index is 2.38. The molecule has 0 aromatic heterocycles. The molecule has 0 heterocycles. The van der Waals surface area contributed by atoms with Crippen LogP contribution in [0.3, 0.4) is 0 Å². The minimum atomic E-state index is 1.37. The van der Waals surface area contributed by atoms with Gasteiger partial charge in [0.25, 0.3) is 0 Å². The summed E-state index contributed by atoms with van der Waals surface area (Å²) >= 11 is 1.81. The maximum Gasteiger partial charge on any atom is 0.0148 e. The van der Waals surface area contributed by atoms with Gasteiger partial charge in [-0.25, -0.2) is 0 Å². The average Bonchev–Trinajstić information content (AvgIpc) is 2.44. The Labute approximate surface area is 65.0 Å². The minimum Gasteiger partial charge on any atom is -0.129 e. The van der Waals surface area contributed by atoms with E-state index in [0.29, 0.717) is 0 Å². The Morgan fingerprint density at radius 1 is 1.20 bits per heavy atom. The summed E-state index contributed by atoms with van der Waals surface area (Å²) in [6.45, 7) is 0. The first-order valence-corrected chi connectivity index (χ1v) is 4.49. The number of hydrogen-bond donors (Lipinski definition) is 0. The third-order valence-electron chi connectivity index (χ3n) is 1.75. The van der Waals surface area contributed by atoms with Crippen molar-refractivity contribution in [1.82, 2.24) is 0 Å². The number of hydrogen-bond acceptors (Lipinski definition) is 1. The zero-order valence-corrected chi connectivity index (χ0v) is 6.61. The monoisotopic (exact) mass is 148 g/mol. The molecular formula is C9H8S. The van der Waals surface area contributed by atoms with Crippen LogP contribution in [0.25, 0.3) is 0 Å². The lowest BCUT2D eigenvalue weighted by atomic mass is 10.2. The standard InChI is InChI=1S/C9H8S/c1-10-9-6-5-7-3-2-4-8(7)9/h2-6H,1H3. The molecule has 2 aliphatic carbocycles. The van der Waals surface area contributed by atoms with Gasteiger partial charge < -0.3 is 0 Å². The highest BCUT2D eigenvalue weighted by Crippen LogP contribution is 2.36. The predicted molar refractivity (Wildman–Crippen MR) is 46.9 cm³/mol. The molecule has 0 nitrogen and oxygen atoms in total. The molecule has 50 valence electrons. The molecule has 0 radical (unpaired) electrons. The summed E-state index contributed by atoms with van der Waals surface area (Å²) in [6, 6.07) is 0. The van der Waals surface area contributed by atoms with Crippen molar-refractivity contribution < 1.29 is 0 Å². The van der Waals surface area contributed by atoms with E-state index >= 15 is 0 Å².